The van der Waals surface area contributed by atoms with Crippen molar-refractivity contribution in [3.8, 4) is 0 Å². The fraction of sp³-hybridized carbons (Fsp3) is 1.00. The van der Waals surface area contributed by atoms with Crippen LogP contribution in [0.3, 0.4) is 0 Å². The molecule has 3 fully saturated rings. The second-order valence-electron chi connectivity index (χ2n) is 7.04. The zero-order valence-corrected chi connectivity index (χ0v) is 10.7. The molecule has 0 aromatic carbocycles. The van der Waals surface area contributed by atoms with Gasteiger partial charge in [0, 0.05) is 43.2 Å². The molecule has 0 aromatic rings. The van der Waals surface area contributed by atoms with Crippen molar-refractivity contribution >= 4 is 0 Å². The van der Waals surface area contributed by atoms with E-state index in [9.17, 15) is 0 Å². The number of rotatable bonds is 1. The molecule has 86 valence electrons. The SMILES string of the molecule is CC(C)N1CC(C)(C)C2C1CN1CC21C. The second kappa shape index (κ2) is 2.60. The maximum atomic E-state index is 2.74. The number of hydrogen-bond acceptors (Lipinski definition) is 2. The molecule has 0 amide bonds. The van der Waals surface area contributed by atoms with E-state index in [4.69, 9.17) is 0 Å². The molecule has 3 saturated heterocycles. The fourth-order valence-corrected chi connectivity index (χ4v) is 4.58. The van der Waals surface area contributed by atoms with Crippen LogP contribution in [0.4, 0.5) is 0 Å². The maximum absolute atomic E-state index is 2.74. The van der Waals surface area contributed by atoms with Crippen molar-refractivity contribution in [2.75, 3.05) is 19.6 Å². The van der Waals surface area contributed by atoms with Gasteiger partial charge in [-0.3, -0.25) is 9.80 Å². The third-order valence-electron chi connectivity index (χ3n) is 5.11. The lowest BCUT2D eigenvalue weighted by molar-refractivity contribution is 0.185. The number of hydrogen-bond donors (Lipinski definition) is 0. The minimum absolute atomic E-state index is 0.509. The van der Waals surface area contributed by atoms with E-state index >= 15 is 0 Å². The average Bonchev–Trinajstić information content (AvgIpc) is 2.50. The Morgan fingerprint density at radius 1 is 1.13 bits per heavy atom. The molecule has 2 nitrogen and oxygen atoms in total. The number of fused-ring (bicyclic) bond motifs is 3. The quantitative estimate of drug-likeness (QED) is 0.606. The Labute approximate surface area is 93.6 Å². The summed E-state index contributed by atoms with van der Waals surface area (Å²) in [4.78, 5) is 5.42. The standard InChI is InChI=1S/C13H24N2/c1-9(2)15-7-12(3,4)11-10(15)6-14-8-13(11,14)5/h9-11H,6-8H2,1-5H3. The Bertz CT molecular complexity index is 297. The van der Waals surface area contributed by atoms with Gasteiger partial charge in [0.15, 0.2) is 0 Å². The second-order valence-corrected chi connectivity index (χ2v) is 7.04. The molecule has 4 atom stereocenters. The van der Waals surface area contributed by atoms with Gasteiger partial charge in [0.1, 0.15) is 0 Å². The first-order valence-corrected chi connectivity index (χ1v) is 6.37. The first-order valence-electron chi connectivity index (χ1n) is 6.37. The largest absolute Gasteiger partial charge is 0.296 e. The van der Waals surface area contributed by atoms with Crippen LogP contribution in [0.15, 0.2) is 0 Å². The van der Waals surface area contributed by atoms with Crippen LogP contribution in [-0.4, -0.2) is 47.1 Å². The molecule has 3 rings (SSSR count). The highest BCUT2D eigenvalue weighted by atomic mass is 15.4. The molecule has 3 heterocycles. The van der Waals surface area contributed by atoms with E-state index in [0.717, 1.165) is 12.0 Å². The van der Waals surface area contributed by atoms with Gasteiger partial charge in [-0.2, -0.15) is 0 Å². The number of piperidine rings is 1. The Kier molecular flexibility index (Phi) is 1.75. The maximum Gasteiger partial charge on any atom is 0.0359 e. The highest BCUT2D eigenvalue weighted by molar-refractivity contribution is 5.24. The molecule has 0 aliphatic carbocycles. The number of nitrogens with zero attached hydrogens (tertiary/aromatic N) is 2. The van der Waals surface area contributed by atoms with Crippen molar-refractivity contribution in [2.45, 2.75) is 52.2 Å². The Morgan fingerprint density at radius 2 is 1.80 bits per heavy atom. The molecule has 0 aromatic heterocycles. The van der Waals surface area contributed by atoms with Crippen LogP contribution >= 0.6 is 0 Å². The van der Waals surface area contributed by atoms with Gasteiger partial charge in [0.2, 0.25) is 0 Å². The molecule has 0 N–H and O–H groups in total. The Balaban J connectivity index is 1.94. The summed E-state index contributed by atoms with van der Waals surface area (Å²) < 4.78 is 0. The minimum Gasteiger partial charge on any atom is -0.296 e. The summed E-state index contributed by atoms with van der Waals surface area (Å²) in [6, 6.07) is 1.54. The fourth-order valence-electron chi connectivity index (χ4n) is 4.58. The first-order chi connectivity index (χ1) is 6.86. The predicted octanol–water partition coefficient (Wildman–Crippen LogP) is 1.81. The first kappa shape index (κ1) is 10.1. The minimum atomic E-state index is 0.509. The summed E-state index contributed by atoms with van der Waals surface area (Å²) in [5.41, 5.74) is 1.06. The van der Waals surface area contributed by atoms with Crippen molar-refractivity contribution in [1.29, 1.82) is 0 Å². The van der Waals surface area contributed by atoms with Crippen LogP contribution in [-0.2, 0) is 0 Å². The van der Waals surface area contributed by atoms with Crippen molar-refractivity contribution < 1.29 is 0 Å². The van der Waals surface area contributed by atoms with Gasteiger partial charge in [-0.25, -0.2) is 0 Å². The van der Waals surface area contributed by atoms with Crippen LogP contribution in [0.2, 0.25) is 0 Å². The van der Waals surface area contributed by atoms with Crippen molar-refractivity contribution in [3.63, 3.8) is 0 Å². The molecule has 0 spiro atoms. The van der Waals surface area contributed by atoms with Gasteiger partial charge in [0.25, 0.3) is 0 Å². The van der Waals surface area contributed by atoms with Gasteiger partial charge in [0.05, 0.1) is 0 Å². The van der Waals surface area contributed by atoms with Gasteiger partial charge < -0.3 is 0 Å². The summed E-state index contributed by atoms with van der Waals surface area (Å²) in [7, 11) is 0. The molecule has 3 aliphatic heterocycles. The molecular weight excluding hydrogens is 184 g/mol. The van der Waals surface area contributed by atoms with Crippen LogP contribution in [0.25, 0.3) is 0 Å². The summed E-state index contributed by atoms with van der Waals surface area (Å²) in [6.07, 6.45) is 0. The smallest absolute Gasteiger partial charge is 0.0359 e. The van der Waals surface area contributed by atoms with Gasteiger partial charge in [-0.15, -0.1) is 0 Å². The summed E-state index contributed by atoms with van der Waals surface area (Å²) in [5, 5.41) is 0. The van der Waals surface area contributed by atoms with E-state index in [2.05, 4.69) is 44.4 Å². The lowest BCUT2D eigenvalue weighted by Crippen LogP contribution is -2.40. The van der Waals surface area contributed by atoms with E-state index in [1.165, 1.54) is 19.6 Å². The number of likely N-dealkylation sites (tertiary alicyclic amines) is 1. The normalized spacial score (nSPS) is 52.0. The lowest BCUT2D eigenvalue weighted by atomic mass is 9.73. The highest BCUT2D eigenvalue weighted by Crippen LogP contribution is 2.59. The van der Waals surface area contributed by atoms with Crippen LogP contribution < -0.4 is 0 Å². The van der Waals surface area contributed by atoms with Crippen LogP contribution in [0, 0.1) is 11.3 Å². The van der Waals surface area contributed by atoms with Crippen LogP contribution in [0.5, 0.6) is 0 Å². The molecule has 0 radical (unpaired) electrons. The summed E-state index contributed by atoms with van der Waals surface area (Å²) in [6.45, 7) is 16.1. The zero-order valence-electron chi connectivity index (χ0n) is 10.7. The van der Waals surface area contributed by atoms with E-state index < -0.39 is 0 Å². The molecule has 15 heavy (non-hydrogen) atoms. The monoisotopic (exact) mass is 208 g/mol. The van der Waals surface area contributed by atoms with E-state index in [0.29, 0.717) is 17.0 Å². The van der Waals surface area contributed by atoms with Crippen molar-refractivity contribution in [2.24, 2.45) is 11.3 Å². The van der Waals surface area contributed by atoms with Crippen molar-refractivity contribution in [1.82, 2.24) is 9.80 Å². The Hall–Kier alpha value is -0.0800. The van der Waals surface area contributed by atoms with E-state index in [1.54, 1.807) is 0 Å². The Morgan fingerprint density at radius 3 is 2.40 bits per heavy atom. The molecular formula is C13H24N2. The molecule has 0 bridgehead atoms. The average molecular weight is 208 g/mol. The third-order valence-corrected chi connectivity index (χ3v) is 5.11. The zero-order chi connectivity index (χ0) is 11.0. The topological polar surface area (TPSA) is 6.25 Å². The third kappa shape index (κ3) is 1.13. The molecule has 0 saturated carbocycles. The van der Waals surface area contributed by atoms with E-state index in [-0.39, 0.29) is 0 Å². The van der Waals surface area contributed by atoms with Gasteiger partial charge >= 0.3 is 0 Å². The molecule has 2 heteroatoms. The van der Waals surface area contributed by atoms with E-state index in [1.807, 2.05) is 0 Å². The summed E-state index contributed by atoms with van der Waals surface area (Å²) in [5.74, 6) is 0.896. The van der Waals surface area contributed by atoms with Gasteiger partial charge in [-0.1, -0.05) is 13.8 Å². The lowest BCUT2D eigenvalue weighted by Gasteiger charge is -2.30. The molecule has 4 unspecified atom stereocenters. The summed E-state index contributed by atoms with van der Waals surface area (Å²) >= 11 is 0. The highest BCUT2D eigenvalue weighted by Gasteiger charge is 2.69. The van der Waals surface area contributed by atoms with Gasteiger partial charge in [-0.05, 0) is 26.2 Å². The predicted molar refractivity (Wildman–Crippen MR) is 62.9 cm³/mol. The van der Waals surface area contributed by atoms with Crippen molar-refractivity contribution in [3.05, 3.63) is 0 Å². The molecule has 3 aliphatic rings. The van der Waals surface area contributed by atoms with Crippen LogP contribution in [0.1, 0.15) is 34.6 Å².